The number of unbranched alkanes of at least 4 members (excludes halogenated alkanes) is 1. The molecular weight excluding hydrogens is 1230 g/mol. The number of hydrogen-bond acceptors (Lipinski definition) is 20. The van der Waals surface area contributed by atoms with Crippen molar-refractivity contribution in [2.45, 2.75) is 102 Å². The summed E-state index contributed by atoms with van der Waals surface area (Å²) < 4.78 is 55.0. The lowest BCUT2D eigenvalue weighted by Crippen LogP contribution is -2.57. The van der Waals surface area contributed by atoms with Crippen LogP contribution in [0.4, 0.5) is 8.78 Å². The number of likely N-dealkylation sites (tertiary alicyclic amines) is 2. The number of alkyl halides is 2. The number of aromatic nitrogens is 1. The minimum absolute atomic E-state index is 0.0457. The smallest absolute Gasteiger partial charge is 0.317 e. The molecule has 3 aromatic rings. The van der Waals surface area contributed by atoms with Crippen LogP contribution in [0.5, 0.6) is 5.75 Å². The van der Waals surface area contributed by atoms with E-state index in [0.29, 0.717) is 101 Å². The number of ether oxygens (including phenoxy) is 5. The minimum atomic E-state index is -3.12. The largest absolute Gasteiger partial charge is 0.494 e. The van der Waals surface area contributed by atoms with Crippen LogP contribution in [-0.2, 0) is 68.5 Å². The van der Waals surface area contributed by atoms with Crippen LogP contribution in [0.2, 0.25) is 0 Å². The normalized spacial score (nSPS) is 17.6. The van der Waals surface area contributed by atoms with Crippen molar-refractivity contribution in [1.82, 2.24) is 55.7 Å². The number of nitrogens with one attached hydrogen (secondary N) is 4. The third kappa shape index (κ3) is 25.8. The van der Waals surface area contributed by atoms with Crippen LogP contribution in [0.1, 0.15) is 85.7 Å². The summed E-state index contributed by atoms with van der Waals surface area (Å²) in [6, 6.07) is 11.0. The van der Waals surface area contributed by atoms with Crippen LogP contribution in [0, 0.1) is 25.2 Å². The molecule has 4 heterocycles. The van der Waals surface area contributed by atoms with Gasteiger partial charge in [-0.15, -0.1) is 6.42 Å². The molecule has 27 nitrogen and oxygen atoms in total. The van der Waals surface area contributed by atoms with Gasteiger partial charge in [-0.2, -0.15) is 0 Å². The third-order valence-electron chi connectivity index (χ3n) is 16.6. The molecule has 5 N–H and O–H groups in total. The lowest BCUT2D eigenvalue weighted by molar-refractivity contribution is -0.147. The van der Waals surface area contributed by atoms with E-state index in [1.165, 1.54) is 12.3 Å². The molecule has 0 radical (unpaired) electrons. The summed E-state index contributed by atoms with van der Waals surface area (Å²) >= 11 is 0. The van der Waals surface area contributed by atoms with Gasteiger partial charge in [0.2, 0.25) is 29.5 Å². The number of aliphatic carboxylic acids is 1. The van der Waals surface area contributed by atoms with Crippen molar-refractivity contribution in [3.05, 3.63) is 71.4 Å². The lowest BCUT2D eigenvalue weighted by atomic mass is 9.91. The van der Waals surface area contributed by atoms with Crippen LogP contribution < -0.4 is 26.0 Å². The second-order valence-corrected chi connectivity index (χ2v) is 23.6. The Morgan fingerprint density at radius 2 is 1.44 bits per heavy atom. The van der Waals surface area contributed by atoms with E-state index in [9.17, 15) is 61.8 Å². The number of carbonyl (C=O) groups is 10. The summed E-state index contributed by atoms with van der Waals surface area (Å²) in [7, 11) is 1.16. The number of hydrogen-bond donors (Lipinski definition) is 5. The Kier molecular flexibility index (Phi) is 31.2. The van der Waals surface area contributed by atoms with Gasteiger partial charge >= 0.3 is 11.9 Å². The van der Waals surface area contributed by atoms with Crippen molar-refractivity contribution in [2.75, 3.05) is 139 Å². The fourth-order valence-corrected chi connectivity index (χ4v) is 11.3. The van der Waals surface area contributed by atoms with Gasteiger partial charge in [-0.05, 0) is 87.6 Å². The number of fused-ring (bicyclic) bond motifs is 1. The first-order valence-electron chi connectivity index (χ1n) is 31.8. The molecule has 0 bridgehead atoms. The molecule has 0 aliphatic carbocycles. The molecular formula is C65H89F2N11O16. The highest BCUT2D eigenvalue weighted by atomic mass is 19.3. The van der Waals surface area contributed by atoms with Gasteiger partial charge < -0.3 is 59.9 Å². The van der Waals surface area contributed by atoms with Crippen LogP contribution >= 0.6 is 0 Å². The van der Waals surface area contributed by atoms with Gasteiger partial charge in [0.1, 0.15) is 31.3 Å². The van der Waals surface area contributed by atoms with Gasteiger partial charge in [0.15, 0.2) is 0 Å². The molecule has 3 aliphatic rings. The zero-order valence-corrected chi connectivity index (χ0v) is 53.6. The first-order valence-corrected chi connectivity index (χ1v) is 31.8. The first-order chi connectivity index (χ1) is 45.3. The molecule has 514 valence electrons. The van der Waals surface area contributed by atoms with Gasteiger partial charge in [-0.3, -0.25) is 72.5 Å². The van der Waals surface area contributed by atoms with Crippen LogP contribution in [0.25, 0.3) is 10.9 Å². The van der Waals surface area contributed by atoms with Crippen molar-refractivity contribution < 1.29 is 85.5 Å². The summed E-state index contributed by atoms with van der Waals surface area (Å²) in [5.41, 5.74) is 2.98. The molecule has 3 saturated heterocycles. The van der Waals surface area contributed by atoms with Crippen LogP contribution in [0.15, 0.2) is 54.7 Å². The molecule has 0 unspecified atom stereocenters. The maximum atomic E-state index is 14.5. The maximum Gasteiger partial charge on any atom is 0.317 e. The van der Waals surface area contributed by atoms with Crippen molar-refractivity contribution >= 4 is 71.2 Å². The van der Waals surface area contributed by atoms with E-state index in [2.05, 4.69) is 32.2 Å². The second-order valence-electron chi connectivity index (χ2n) is 23.6. The van der Waals surface area contributed by atoms with Gasteiger partial charge in [-0.25, -0.2) is 8.78 Å². The van der Waals surface area contributed by atoms with Gasteiger partial charge in [0.25, 0.3) is 24.8 Å². The SMILES string of the molecule is C#C[C@H]1CC(F)(F)CN1C(=O)CNC(=O)c1ccnc2ccc(OCCCCC3CCN(C(=O)[C@H](CC(=O)OC)NC(=O)[C@H](CCOCCNC(=O)CCCc4ccc(C)cc4)NC(=O)CN4CCN(COC=O)CCN(COC=O)CCN(CC(=O)O)CC4)CC3)cc12. The number of carboxylic acids is 1. The quantitative estimate of drug-likeness (QED) is 0.0184. The number of esters is 1. The van der Waals surface area contributed by atoms with Crippen LogP contribution in [0.3, 0.4) is 0 Å². The molecule has 3 aliphatic heterocycles. The number of piperidine rings is 1. The molecule has 6 amide bonds. The summed E-state index contributed by atoms with van der Waals surface area (Å²) in [4.78, 5) is 143. The number of amides is 6. The molecule has 6 rings (SSSR count). The van der Waals surface area contributed by atoms with Gasteiger partial charge in [0, 0.05) is 103 Å². The number of pyridine rings is 1. The number of carbonyl (C=O) groups excluding carboxylic acids is 9. The van der Waals surface area contributed by atoms with Crippen molar-refractivity contribution in [2.24, 2.45) is 5.92 Å². The summed E-state index contributed by atoms with van der Waals surface area (Å²) in [5, 5.41) is 21.1. The summed E-state index contributed by atoms with van der Waals surface area (Å²) in [6.07, 6.45) is 10.9. The van der Waals surface area contributed by atoms with E-state index >= 15 is 0 Å². The summed E-state index contributed by atoms with van der Waals surface area (Å²) in [6.45, 7) is 4.02. The second kappa shape index (κ2) is 39.3. The molecule has 29 heteroatoms. The molecule has 94 heavy (non-hydrogen) atoms. The molecule has 3 fully saturated rings. The predicted octanol–water partition coefficient (Wildman–Crippen LogP) is 1.58. The Morgan fingerprint density at radius 1 is 0.777 bits per heavy atom. The highest BCUT2D eigenvalue weighted by Gasteiger charge is 2.46. The number of methoxy groups -OCH3 is 1. The number of benzene rings is 2. The number of nitrogens with zero attached hydrogens (tertiary/aromatic N) is 7. The van der Waals surface area contributed by atoms with Gasteiger partial charge in [-0.1, -0.05) is 42.2 Å². The van der Waals surface area contributed by atoms with E-state index in [-0.39, 0.29) is 103 Å². The van der Waals surface area contributed by atoms with E-state index in [1.54, 1.807) is 32.9 Å². The standard InChI is InChI=1S/C65H89F2N11O16/c1-4-50-38-65(66,67)42-78(50)59(83)39-70-62(87)52-17-21-68-54-16-15-51(36-53(52)54)94-33-6-5-8-49-18-23-77(24-19-49)64(89)56(37-61(86)90-3)72-63(88)55(20-34-91-35-22-69-57(81)10-7-9-48-13-11-47(2)12-14-48)71-58(82)40-73-25-26-74(41-60(84)85)28-30-76(44-93-46-80)32-31-75(29-27-73)43-92-45-79/h1,11-17,21,36,45-46,49-50,55-56H,5-10,18-20,22-35,37-44H2,2-3H3,(H,69,81)(H,70,87)(H,71,82)(H,72,88)(H,84,85)/t50-,55-,56-/m0/s1. The van der Waals surface area contributed by atoms with E-state index in [1.807, 2.05) is 41.0 Å². The van der Waals surface area contributed by atoms with E-state index in [4.69, 9.17) is 30.1 Å². The zero-order valence-electron chi connectivity index (χ0n) is 53.6. The van der Waals surface area contributed by atoms with Gasteiger partial charge in [0.05, 0.1) is 70.0 Å². The Bertz CT molecular complexity index is 3040. The minimum Gasteiger partial charge on any atom is -0.494 e. The Hall–Kier alpha value is -8.43. The third-order valence-corrected chi connectivity index (χ3v) is 16.6. The number of aryl methyl sites for hydroxylation is 2. The average Bonchev–Trinajstić information content (AvgIpc) is 0.920. The van der Waals surface area contributed by atoms with Crippen molar-refractivity contribution in [3.8, 4) is 18.1 Å². The van der Waals surface area contributed by atoms with Crippen LogP contribution in [-0.4, -0.2) is 262 Å². The summed E-state index contributed by atoms with van der Waals surface area (Å²) in [5.74, 6) is -5.37. The number of halogens is 2. The topological polar surface area (TPSA) is 318 Å². The Labute approximate surface area is 546 Å². The highest BCUT2D eigenvalue weighted by Crippen LogP contribution is 2.32. The van der Waals surface area contributed by atoms with Crippen molar-refractivity contribution in [1.29, 1.82) is 0 Å². The number of carboxylic acid groups (broad SMARTS) is 1. The molecule has 2 aromatic carbocycles. The average molecular weight is 1320 g/mol. The monoisotopic (exact) mass is 1320 g/mol. The Morgan fingerprint density at radius 3 is 2.07 bits per heavy atom. The highest BCUT2D eigenvalue weighted by molar-refractivity contribution is 6.07. The fraction of sp³-hybridized carbons (Fsp3) is 0.585. The Balaban J connectivity index is 1.03. The lowest BCUT2D eigenvalue weighted by Gasteiger charge is -2.35. The first kappa shape index (κ1) is 74.6. The maximum absolute atomic E-state index is 14.5. The molecule has 3 atom stereocenters. The van der Waals surface area contributed by atoms with Crippen molar-refractivity contribution in [3.63, 3.8) is 0 Å². The predicted molar refractivity (Wildman–Crippen MR) is 337 cm³/mol. The molecule has 0 saturated carbocycles. The zero-order chi connectivity index (χ0) is 67.8. The molecule has 1 aromatic heterocycles. The molecule has 0 spiro atoms. The fourth-order valence-electron chi connectivity index (χ4n) is 11.3. The van der Waals surface area contributed by atoms with E-state index < -0.39 is 91.5 Å². The number of rotatable bonds is 35. The van der Waals surface area contributed by atoms with E-state index in [0.717, 1.165) is 42.4 Å². The number of terminal acetylenes is 1.